The molecular formula is C23H23NO6. The molecular weight excluding hydrogens is 386 g/mol. The molecule has 2 aromatic rings. The highest BCUT2D eigenvalue weighted by molar-refractivity contribution is 6.30. The van der Waals surface area contributed by atoms with Crippen LogP contribution in [-0.2, 0) is 14.3 Å². The fourth-order valence-electron chi connectivity index (χ4n) is 3.19. The van der Waals surface area contributed by atoms with Crippen LogP contribution in [0.15, 0.2) is 42.5 Å². The van der Waals surface area contributed by atoms with Gasteiger partial charge in [0.2, 0.25) is 0 Å². The van der Waals surface area contributed by atoms with Gasteiger partial charge in [-0.3, -0.25) is 14.4 Å². The fraction of sp³-hybridized carbons (Fsp3) is 0.304. The summed E-state index contributed by atoms with van der Waals surface area (Å²) >= 11 is 0. The molecule has 156 valence electrons. The SMILES string of the molecule is CC(C)OCCCNC(=O)COC(=O)c1cccc2c1C(=O)c1ccccc1C2=O. The van der Waals surface area contributed by atoms with Gasteiger partial charge in [0.15, 0.2) is 18.2 Å². The molecule has 0 saturated heterocycles. The molecule has 0 atom stereocenters. The Hall–Kier alpha value is -3.32. The van der Waals surface area contributed by atoms with Crippen molar-refractivity contribution in [2.24, 2.45) is 0 Å². The molecule has 1 N–H and O–H groups in total. The van der Waals surface area contributed by atoms with E-state index in [9.17, 15) is 19.2 Å². The number of esters is 1. The number of fused-ring (bicyclic) bond motifs is 2. The topological polar surface area (TPSA) is 98.8 Å². The second-order valence-corrected chi connectivity index (χ2v) is 7.13. The van der Waals surface area contributed by atoms with Gasteiger partial charge in [-0.25, -0.2) is 4.79 Å². The average Bonchev–Trinajstić information content (AvgIpc) is 2.74. The van der Waals surface area contributed by atoms with E-state index in [0.29, 0.717) is 25.1 Å². The van der Waals surface area contributed by atoms with Gasteiger partial charge in [-0.2, -0.15) is 0 Å². The van der Waals surface area contributed by atoms with E-state index in [1.807, 2.05) is 13.8 Å². The van der Waals surface area contributed by atoms with Gasteiger partial charge in [0, 0.05) is 35.4 Å². The van der Waals surface area contributed by atoms with E-state index in [0.717, 1.165) is 0 Å². The van der Waals surface area contributed by atoms with Gasteiger partial charge < -0.3 is 14.8 Å². The minimum absolute atomic E-state index is 0.0115. The van der Waals surface area contributed by atoms with Crippen LogP contribution in [-0.4, -0.2) is 49.3 Å². The van der Waals surface area contributed by atoms with E-state index >= 15 is 0 Å². The number of hydrogen-bond donors (Lipinski definition) is 1. The minimum atomic E-state index is -0.828. The van der Waals surface area contributed by atoms with Crippen LogP contribution in [0.4, 0.5) is 0 Å². The molecule has 0 aliphatic heterocycles. The van der Waals surface area contributed by atoms with E-state index in [-0.39, 0.29) is 34.1 Å². The molecule has 0 heterocycles. The number of carbonyl (C=O) groups excluding carboxylic acids is 4. The maximum Gasteiger partial charge on any atom is 0.339 e. The first-order valence-electron chi connectivity index (χ1n) is 9.77. The summed E-state index contributed by atoms with van der Waals surface area (Å²) in [6.45, 7) is 4.29. The van der Waals surface area contributed by atoms with Crippen molar-refractivity contribution < 1.29 is 28.7 Å². The van der Waals surface area contributed by atoms with E-state index in [1.165, 1.54) is 18.2 Å². The molecule has 0 spiro atoms. The molecule has 2 aromatic carbocycles. The van der Waals surface area contributed by atoms with Crippen molar-refractivity contribution in [3.8, 4) is 0 Å². The Balaban J connectivity index is 1.65. The largest absolute Gasteiger partial charge is 0.452 e. The molecule has 0 saturated carbocycles. The Morgan fingerprint density at radius 2 is 1.60 bits per heavy atom. The first kappa shape index (κ1) is 21.4. The summed E-state index contributed by atoms with van der Waals surface area (Å²) in [7, 11) is 0. The Kier molecular flexibility index (Phi) is 6.74. The Labute approximate surface area is 174 Å². The summed E-state index contributed by atoms with van der Waals surface area (Å²) in [5.41, 5.74) is 0.691. The summed E-state index contributed by atoms with van der Waals surface area (Å²) < 4.78 is 10.5. The normalized spacial score (nSPS) is 12.4. The third-order valence-electron chi connectivity index (χ3n) is 4.60. The molecule has 0 unspecified atom stereocenters. The molecule has 1 amide bonds. The number of carbonyl (C=O) groups is 4. The number of nitrogens with one attached hydrogen (secondary N) is 1. The molecule has 0 bridgehead atoms. The van der Waals surface area contributed by atoms with Crippen molar-refractivity contribution >= 4 is 23.4 Å². The van der Waals surface area contributed by atoms with Crippen molar-refractivity contribution in [1.29, 1.82) is 0 Å². The minimum Gasteiger partial charge on any atom is -0.452 e. The predicted molar refractivity (Wildman–Crippen MR) is 109 cm³/mol. The van der Waals surface area contributed by atoms with Gasteiger partial charge in [0.05, 0.1) is 11.7 Å². The van der Waals surface area contributed by atoms with Crippen LogP contribution in [0.2, 0.25) is 0 Å². The third kappa shape index (κ3) is 4.63. The zero-order chi connectivity index (χ0) is 21.7. The van der Waals surface area contributed by atoms with Crippen LogP contribution in [0.1, 0.15) is 62.5 Å². The second-order valence-electron chi connectivity index (χ2n) is 7.13. The lowest BCUT2D eigenvalue weighted by Crippen LogP contribution is -2.31. The maximum atomic E-state index is 12.9. The van der Waals surface area contributed by atoms with E-state index < -0.39 is 24.3 Å². The quantitative estimate of drug-likeness (QED) is 0.453. The summed E-state index contributed by atoms with van der Waals surface area (Å²) in [6, 6.07) is 10.9. The van der Waals surface area contributed by atoms with Gasteiger partial charge in [-0.1, -0.05) is 36.4 Å². The Morgan fingerprint density at radius 1 is 0.933 bits per heavy atom. The van der Waals surface area contributed by atoms with Crippen molar-refractivity contribution in [3.63, 3.8) is 0 Å². The summed E-state index contributed by atoms with van der Waals surface area (Å²) in [5, 5.41) is 2.64. The van der Waals surface area contributed by atoms with Crippen molar-refractivity contribution in [3.05, 3.63) is 70.3 Å². The monoisotopic (exact) mass is 409 g/mol. The molecule has 1 aliphatic rings. The summed E-state index contributed by atoms with van der Waals surface area (Å²) in [4.78, 5) is 50.1. The maximum absolute atomic E-state index is 12.9. The van der Waals surface area contributed by atoms with Gasteiger partial charge in [0.25, 0.3) is 5.91 Å². The standard InChI is InChI=1S/C23H23NO6/c1-14(2)29-12-6-11-24-19(25)13-30-23(28)18-10-5-9-17-20(18)22(27)16-8-4-3-7-15(16)21(17)26/h3-5,7-10,14H,6,11-13H2,1-2H3,(H,24,25). The van der Waals surface area contributed by atoms with Crippen molar-refractivity contribution in [2.45, 2.75) is 26.4 Å². The highest BCUT2D eigenvalue weighted by Crippen LogP contribution is 2.29. The zero-order valence-electron chi connectivity index (χ0n) is 16.9. The van der Waals surface area contributed by atoms with Crippen molar-refractivity contribution in [1.82, 2.24) is 5.32 Å². The molecule has 0 aromatic heterocycles. The Bertz CT molecular complexity index is 995. The van der Waals surface area contributed by atoms with Crippen LogP contribution in [0.25, 0.3) is 0 Å². The van der Waals surface area contributed by atoms with Crippen LogP contribution in [0, 0.1) is 0 Å². The summed E-state index contributed by atoms with van der Waals surface area (Å²) in [6.07, 6.45) is 0.764. The lowest BCUT2D eigenvalue weighted by Gasteiger charge is -2.19. The van der Waals surface area contributed by atoms with Gasteiger partial charge in [0.1, 0.15) is 0 Å². The predicted octanol–water partition coefficient (Wildman–Crippen LogP) is 2.55. The third-order valence-corrected chi connectivity index (χ3v) is 4.60. The number of ether oxygens (including phenoxy) is 2. The van der Waals surface area contributed by atoms with Gasteiger partial charge >= 0.3 is 5.97 Å². The lowest BCUT2D eigenvalue weighted by atomic mass is 9.82. The van der Waals surface area contributed by atoms with Gasteiger partial charge in [-0.15, -0.1) is 0 Å². The molecule has 3 rings (SSSR count). The first-order valence-corrected chi connectivity index (χ1v) is 9.77. The van der Waals surface area contributed by atoms with Crippen LogP contribution >= 0.6 is 0 Å². The average molecular weight is 409 g/mol. The molecule has 30 heavy (non-hydrogen) atoms. The highest BCUT2D eigenvalue weighted by Gasteiger charge is 2.33. The molecule has 7 nitrogen and oxygen atoms in total. The van der Waals surface area contributed by atoms with Crippen LogP contribution in [0.3, 0.4) is 0 Å². The van der Waals surface area contributed by atoms with E-state index in [1.54, 1.807) is 24.3 Å². The molecule has 0 fully saturated rings. The van der Waals surface area contributed by atoms with Gasteiger partial charge in [-0.05, 0) is 26.3 Å². The number of ketones is 2. The first-order chi connectivity index (χ1) is 14.4. The van der Waals surface area contributed by atoms with Crippen LogP contribution < -0.4 is 5.32 Å². The highest BCUT2D eigenvalue weighted by atomic mass is 16.5. The van der Waals surface area contributed by atoms with Crippen molar-refractivity contribution in [2.75, 3.05) is 19.8 Å². The molecule has 7 heteroatoms. The Morgan fingerprint density at radius 3 is 2.30 bits per heavy atom. The summed E-state index contributed by atoms with van der Waals surface area (Å²) in [5.74, 6) is -2.02. The smallest absolute Gasteiger partial charge is 0.339 e. The number of amides is 1. The fourth-order valence-corrected chi connectivity index (χ4v) is 3.19. The van der Waals surface area contributed by atoms with Crippen LogP contribution in [0.5, 0.6) is 0 Å². The second kappa shape index (κ2) is 9.45. The molecule has 0 radical (unpaired) electrons. The zero-order valence-corrected chi connectivity index (χ0v) is 16.9. The molecule has 1 aliphatic carbocycles. The number of benzene rings is 2. The number of hydrogen-bond acceptors (Lipinski definition) is 6. The van der Waals surface area contributed by atoms with E-state index in [4.69, 9.17) is 9.47 Å². The lowest BCUT2D eigenvalue weighted by molar-refractivity contribution is -0.124. The number of rotatable bonds is 8. The van der Waals surface area contributed by atoms with E-state index in [2.05, 4.69) is 5.32 Å².